The Bertz CT molecular complexity index is 735. The predicted molar refractivity (Wildman–Crippen MR) is 82.1 cm³/mol. The van der Waals surface area contributed by atoms with Crippen molar-refractivity contribution in [3.63, 3.8) is 0 Å². The average Bonchev–Trinajstić information content (AvgIpc) is 2.47. The number of nitrogens with zero attached hydrogens (tertiary/aromatic N) is 2. The molecule has 21 heavy (non-hydrogen) atoms. The number of hydrogen-bond acceptors (Lipinski definition) is 3. The zero-order valence-corrected chi connectivity index (χ0v) is 11.5. The van der Waals surface area contributed by atoms with Gasteiger partial charge in [0.2, 0.25) is 0 Å². The third kappa shape index (κ3) is 3.62. The Balaban J connectivity index is 2.29. The second kappa shape index (κ2) is 6.27. The third-order valence-corrected chi connectivity index (χ3v) is 2.80. The first-order valence-corrected chi connectivity index (χ1v) is 6.25. The van der Waals surface area contributed by atoms with E-state index in [-0.39, 0.29) is 5.70 Å². The van der Waals surface area contributed by atoms with E-state index < -0.39 is 0 Å². The van der Waals surface area contributed by atoms with E-state index in [1.165, 1.54) is 0 Å². The number of nitrogens with two attached hydrogens (primary N) is 1. The molecule has 0 radical (unpaired) electrons. The van der Waals surface area contributed by atoms with Gasteiger partial charge in [-0.15, -0.1) is 0 Å². The number of ether oxygens (including phenoxy) is 1. The standard InChI is InChI=1S/C17H13N3O/c1-12-9-14(17(11-18)20-2)10-16(21-12)8-5-13-3-6-15(19)7-4-13/h3-10H,19H2,1H3/b8-5?,17-14-. The third-order valence-electron chi connectivity index (χ3n) is 2.80. The first-order valence-electron chi connectivity index (χ1n) is 6.25. The van der Waals surface area contributed by atoms with Crippen molar-refractivity contribution in [1.29, 1.82) is 5.26 Å². The van der Waals surface area contributed by atoms with Crippen molar-refractivity contribution < 1.29 is 4.74 Å². The fourth-order valence-corrected chi connectivity index (χ4v) is 1.82. The Kier molecular flexibility index (Phi) is 4.23. The van der Waals surface area contributed by atoms with E-state index in [1.54, 1.807) is 25.2 Å². The molecule has 2 rings (SSSR count). The van der Waals surface area contributed by atoms with Crippen LogP contribution in [0.25, 0.3) is 10.9 Å². The summed E-state index contributed by atoms with van der Waals surface area (Å²) >= 11 is 0. The van der Waals surface area contributed by atoms with Gasteiger partial charge in [-0.1, -0.05) is 18.2 Å². The van der Waals surface area contributed by atoms with Crippen LogP contribution in [-0.2, 0) is 4.74 Å². The van der Waals surface area contributed by atoms with Crippen molar-refractivity contribution in [2.75, 3.05) is 5.73 Å². The van der Waals surface area contributed by atoms with Gasteiger partial charge in [0.15, 0.2) is 0 Å². The molecule has 102 valence electrons. The second-order valence-electron chi connectivity index (χ2n) is 4.43. The summed E-state index contributed by atoms with van der Waals surface area (Å²) in [7, 11) is 0. The van der Waals surface area contributed by atoms with Gasteiger partial charge < -0.3 is 10.5 Å². The summed E-state index contributed by atoms with van der Waals surface area (Å²) in [5.41, 5.74) is 7.94. The van der Waals surface area contributed by atoms with Gasteiger partial charge in [0.05, 0.1) is 12.6 Å². The predicted octanol–water partition coefficient (Wildman–Crippen LogP) is 3.80. The first kappa shape index (κ1) is 14.2. The quantitative estimate of drug-likeness (QED) is 0.507. The van der Waals surface area contributed by atoms with Crippen LogP contribution in [0, 0.1) is 17.9 Å². The maximum absolute atomic E-state index is 8.93. The van der Waals surface area contributed by atoms with Crippen molar-refractivity contribution in [1.82, 2.24) is 0 Å². The van der Waals surface area contributed by atoms with E-state index in [0.717, 1.165) is 5.56 Å². The minimum Gasteiger partial charge on any atom is -0.462 e. The molecule has 0 unspecified atom stereocenters. The highest BCUT2D eigenvalue weighted by Gasteiger charge is 2.10. The molecule has 2 N–H and O–H groups in total. The van der Waals surface area contributed by atoms with Crippen LogP contribution in [-0.4, -0.2) is 0 Å². The van der Waals surface area contributed by atoms with Crippen LogP contribution < -0.4 is 5.73 Å². The highest BCUT2D eigenvalue weighted by molar-refractivity contribution is 5.57. The van der Waals surface area contributed by atoms with Gasteiger partial charge in [0, 0.05) is 5.69 Å². The van der Waals surface area contributed by atoms with Crippen LogP contribution in [0.2, 0.25) is 0 Å². The van der Waals surface area contributed by atoms with Gasteiger partial charge in [-0.2, -0.15) is 0 Å². The molecule has 0 aromatic heterocycles. The van der Waals surface area contributed by atoms with Crippen LogP contribution in [0.1, 0.15) is 12.5 Å². The summed E-state index contributed by atoms with van der Waals surface area (Å²) in [5, 5.41) is 8.93. The fourth-order valence-electron chi connectivity index (χ4n) is 1.82. The Morgan fingerprint density at radius 3 is 2.62 bits per heavy atom. The van der Waals surface area contributed by atoms with E-state index >= 15 is 0 Å². The van der Waals surface area contributed by atoms with Crippen LogP contribution >= 0.6 is 0 Å². The lowest BCUT2D eigenvalue weighted by atomic mass is 10.1. The topological polar surface area (TPSA) is 63.4 Å². The number of allylic oxidation sites excluding steroid dienone is 6. The minimum atomic E-state index is 0.0519. The average molecular weight is 275 g/mol. The van der Waals surface area contributed by atoms with Crippen molar-refractivity contribution >= 4 is 11.8 Å². The first-order chi connectivity index (χ1) is 10.1. The molecule has 0 aliphatic carbocycles. The Morgan fingerprint density at radius 2 is 2.00 bits per heavy atom. The molecule has 0 atom stereocenters. The molecule has 4 heteroatoms. The van der Waals surface area contributed by atoms with E-state index in [4.69, 9.17) is 22.3 Å². The molecular weight excluding hydrogens is 262 g/mol. The van der Waals surface area contributed by atoms with Crippen LogP contribution in [0.15, 0.2) is 65.3 Å². The fraction of sp³-hybridized carbons (Fsp3) is 0.0588. The lowest BCUT2D eigenvalue weighted by Gasteiger charge is -2.13. The van der Waals surface area contributed by atoms with Crippen LogP contribution in [0.5, 0.6) is 0 Å². The summed E-state index contributed by atoms with van der Waals surface area (Å²) < 4.78 is 5.57. The lowest BCUT2D eigenvalue weighted by molar-refractivity contribution is 0.318. The minimum absolute atomic E-state index is 0.0519. The summed E-state index contributed by atoms with van der Waals surface area (Å²) in [4.78, 5) is 3.21. The number of anilines is 1. The largest absolute Gasteiger partial charge is 0.462 e. The number of nitriles is 1. The molecule has 1 aromatic carbocycles. The number of benzene rings is 1. The Labute approximate surface area is 123 Å². The summed E-state index contributed by atoms with van der Waals surface area (Å²) in [6.45, 7) is 8.78. The van der Waals surface area contributed by atoms with Gasteiger partial charge in [0.25, 0.3) is 5.70 Å². The molecule has 1 aliphatic heterocycles. The Hall–Kier alpha value is -3.24. The van der Waals surface area contributed by atoms with Crippen molar-refractivity contribution in [2.45, 2.75) is 6.92 Å². The molecule has 4 nitrogen and oxygen atoms in total. The molecular formula is C17H13N3O. The maximum atomic E-state index is 8.93. The molecule has 0 fully saturated rings. The SMILES string of the molecule is [C-]#[N+]/C(C#N)=C1/C=C(C)OC(C=Cc2ccc(N)cc2)=C1. The molecule has 0 saturated carbocycles. The smallest absolute Gasteiger partial charge is 0.269 e. The maximum Gasteiger partial charge on any atom is 0.269 e. The van der Waals surface area contributed by atoms with Crippen molar-refractivity contribution in [3.05, 3.63) is 82.3 Å². The highest BCUT2D eigenvalue weighted by Crippen LogP contribution is 2.23. The van der Waals surface area contributed by atoms with Crippen LogP contribution in [0.4, 0.5) is 5.69 Å². The van der Waals surface area contributed by atoms with E-state index in [0.29, 0.717) is 22.8 Å². The van der Waals surface area contributed by atoms with E-state index in [1.807, 2.05) is 36.4 Å². The zero-order chi connectivity index (χ0) is 15.2. The summed E-state index contributed by atoms with van der Waals surface area (Å²) in [6.07, 6.45) is 7.03. The van der Waals surface area contributed by atoms with E-state index in [2.05, 4.69) is 4.85 Å². The van der Waals surface area contributed by atoms with E-state index in [9.17, 15) is 0 Å². The van der Waals surface area contributed by atoms with Crippen molar-refractivity contribution in [2.24, 2.45) is 0 Å². The molecule has 0 amide bonds. The molecule has 1 heterocycles. The summed E-state index contributed by atoms with van der Waals surface area (Å²) in [5.74, 6) is 1.22. The second-order valence-corrected chi connectivity index (χ2v) is 4.43. The number of nitrogen functional groups attached to an aromatic ring is 1. The van der Waals surface area contributed by atoms with Gasteiger partial charge in [-0.3, -0.25) is 0 Å². The number of hydrogen-bond donors (Lipinski definition) is 1. The van der Waals surface area contributed by atoms with Crippen molar-refractivity contribution in [3.8, 4) is 6.07 Å². The zero-order valence-electron chi connectivity index (χ0n) is 11.5. The Morgan fingerprint density at radius 1 is 1.29 bits per heavy atom. The van der Waals surface area contributed by atoms with Gasteiger partial charge >= 0.3 is 0 Å². The van der Waals surface area contributed by atoms with Gasteiger partial charge in [-0.05, 0) is 48.4 Å². The molecule has 0 saturated heterocycles. The van der Waals surface area contributed by atoms with Gasteiger partial charge in [0.1, 0.15) is 11.5 Å². The molecule has 1 aromatic rings. The molecule has 1 aliphatic rings. The number of rotatable bonds is 2. The molecule has 0 spiro atoms. The molecule has 0 bridgehead atoms. The van der Waals surface area contributed by atoms with Gasteiger partial charge in [-0.25, -0.2) is 10.1 Å². The lowest BCUT2D eigenvalue weighted by Crippen LogP contribution is -1.96. The highest BCUT2D eigenvalue weighted by atomic mass is 16.5. The normalized spacial score (nSPS) is 16.3. The summed E-state index contributed by atoms with van der Waals surface area (Å²) in [6, 6.07) is 9.32. The monoisotopic (exact) mass is 275 g/mol. The van der Waals surface area contributed by atoms with Crippen LogP contribution in [0.3, 0.4) is 0 Å².